The summed E-state index contributed by atoms with van der Waals surface area (Å²) in [7, 11) is 0. The molecule has 4 heterocycles. The Hall–Kier alpha value is -2.52. The van der Waals surface area contributed by atoms with Gasteiger partial charge >= 0.3 is 6.01 Å². The summed E-state index contributed by atoms with van der Waals surface area (Å²) in [6.45, 7) is 3.26. The molecular formula is C22H24BrN5O3. The molecular weight excluding hydrogens is 462 g/mol. The molecule has 9 heteroatoms. The predicted octanol–water partition coefficient (Wildman–Crippen LogP) is 4.42. The molecule has 1 fully saturated rings. The van der Waals surface area contributed by atoms with Crippen molar-refractivity contribution in [2.45, 2.75) is 51.3 Å². The molecule has 2 atom stereocenters. The van der Waals surface area contributed by atoms with Gasteiger partial charge in [0.2, 0.25) is 0 Å². The Balaban J connectivity index is 1.47. The van der Waals surface area contributed by atoms with E-state index in [0.29, 0.717) is 24.0 Å². The molecule has 31 heavy (non-hydrogen) atoms. The summed E-state index contributed by atoms with van der Waals surface area (Å²) in [4.78, 5) is 26.7. The predicted molar refractivity (Wildman–Crippen MR) is 120 cm³/mol. The van der Waals surface area contributed by atoms with Gasteiger partial charge in [-0.1, -0.05) is 0 Å². The van der Waals surface area contributed by atoms with Gasteiger partial charge in [-0.2, -0.15) is 4.98 Å². The van der Waals surface area contributed by atoms with Crippen LogP contribution in [0.15, 0.2) is 29.1 Å². The quantitative estimate of drug-likeness (QED) is 0.494. The smallest absolute Gasteiger partial charge is 0.324 e. The fourth-order valence-electron chi connectivity index (χ4n) is 4.44. The van der Waals surface area contributed by atoms with Gasteiger partial charge in [0.1, 0.15) is 18.0 Å². The third-order valence-corrected chi connectivity index (χ3v) is 6.71. The Morgan fingerprint density at radius 3 is 3.00 bits per heavy atom. The molecule has 2 aromatic heterocycles. The summed E-state index contributed by atoms with van der Waals surface area (Å²) in [5, 5.41) is 0. The lowest BCUT2D eigenvalue weighted by Gasteiger charge is -2.36. The number of anilines is 1. The van der Waals surface area contributed by atoms with E-state index in [1.165, 1.54) is 0 Å². The summed E-state index contributed by atoms with van der Waals surface area (Å²) in [6, 6.07) is 4.52. The van der Waals surface area contributed by atoms with E-state index >= 15 is 0 Å². The van der Waals surface area contributed by atoms with Gasteiger partial charge in [-0.15, -0.1) is 0 Å². The summed E-state index contributed by atoms with van der Waals surface area (Å²) in [5.74, 6) is 0.690. The van der Waals surface area contributed by atoms with Gasteiger partial charge in [0, 0.05) is 23.9 Å². The maximum absolute atomic E-state index is 11.2. The van der Waals surface area contributed by atoms with Crippen LogP contribution in [-0.2, 0) is 16.0 Å². The van der Waals surface area contributed by atoms with E-state index in [1.54, 1.807) is 12.5 Å². The first-order chi connectivity index (χ1) is 15.2. The molecule has 5 rings (SSSR count). The topological polar surface area (TPSA) is 82.4 Å². The maximum Gasteiger partial charge on any atom is 0.324 e. The fraction of sp³-hybridized carbons (Fsp3) is 0.455. The van der Waals surface area contributed by atoms with E-state index in [4.69, 9.17) is 9.47 Å². The second-order valence-corrected chi connectivity index (χ2v) is 8.87. The van der Waals surface area contributed by atoms with Crippen LogP contribution in [0, 0.1) is 0 Å². The van der Waals surface area contributed by atoms with Crippen LogP contribution in [0.5, 0.6) is 11.8 Å². The molecule has 1 aromatic carbocycles. The Morgan fingerprint density at radius 1 is 1.29 bits per heavy atom. The van der Waals surface area contributed by atoms with Crippen molar-refractivity contribution in [1.29, 1.82) is 0 Å². The van der Waals surface area contributed by atoms with E-state index in [0.717, 1.165) is 66.2 Å². The Morgan fingerprint density at radius 2 is 2.19 bits per heavy atom. The number of aromatic nitrogens is 4. The van der Waals surface area contributed by atoms with Crippen LogP contribution in [0.3, 0.4) is 0 Å². The largest absolute Gasteiger partial charge is 0.423 e. The number of carbonyl (C=O) groups is 1. The van der Waals surface area contributed by atoms with Crippen LogP contribution in [0.1, 0.15) is 44.4 Å². The number of nitrogens with zero attached hydrogens (tertiary/aromatic N) is 5. The van der Waals surface area contributed by atoms with Crippen molar-refractivity contribution in [2.75, 3.05) is 18.1 Å². The summed E-state index contributed by atoms with van der Waals surface area (Å²) < 4.78 is 14.9. The number of aldehydes is 1. The van der Waals surface area contributed by atoms with Crippen molar-refractivity contribution in [2.24, 2.45) is 0 Å². The molecule has 1 saturated heterocycles. The normalized spacial score (nSPS) is 21.2. The number of benzene rings is 1. The first-order valence-corrected chi connectivity index (χ1v) is 11.5. The van der Waals surface area contributed by atoms with E-state index < -0.39 is 0 Å². The van der Waals surface area contributed by atoms with Crippen LogP contribution < -0.4 is 9.64 Å². The van der Waals surface area contributed by atoms with E-state index in [2.05, 4.69) is 42.7 Å². The fourth-order valence-corrected chi connectivity index (χ4v) is 4.89. The van der Waals surface area contributed by atoms with Crippen molar-refractivity contribution in [1.82, 2.24) is 19.5 Å². The summed E-state index contributed by atoms with van der Waals surface area (Å²) in [6.07, 6.45) is 9.42. The number of hydrogen-bond donors (Lipinski definition) is 0. The lowest BCUT2D eigenvalue weighted by Crippen LogP contribution is -2.38. The summed E-state index contributed by atoms with van der Waals surface area (Å²) >= 11 is 3.61. The zero-order chi connectivity index (χ0) is 21.4. The van der Waals surface area contributed by atoms with E-state index in [1.807, 2.05) is 16.7 Å². The second kappa shape index (κ2) is 8.55. The van der Waals surface area contributed by atoms with E-state index in [9.17, 15) is 4.79 Å². The Kier molecular flexibility index (Phi) is 5.62. The van der Waals surface area contributed by atoms with Crippen molar-refractivity contribution >= 4 is 39.1 Å². The van der Waals surface area contributed by atoms with Crippen molar-refractivity contribution in [3.8, 4) is 11.8 Å². The van der Waals surface area contributed by atoms with Gasteiger partial charge in [-0.3, -0.25) is 0 Å². The zero-order valence-electron chi connectivity index (χ0n) is 17.3. The molecule has 2 aliphatic heterocycles. The number of hydrogen-bond acceptors (Lipinski definition) is 7. The minimum absolute atomic E-state index is 0.0183. The SMILES string of the molecule is C[C@H]1CCc2c(ccc(Br)c2Oc2ncc3c(ncn3[C@@H]3CCCCO3)n2)N1CC=O. The van der Waals surface area contributed by atoms with Crippen LogP contribution in [0.25, 0.3) is 11.2 Å². The van der Waals surface area contributed by atoms with Crippen LogP contribution in [0.2, 0.25) is 0 Å². The Bertz CT molecular complexity index is 1110. The van der Waals surface area contributed by atoms with Crippen LogP contribution >= 0.6 is 15.9 Å². The third-order valence-electron chi connectivity index (χ3n) is 6.08. The molecule has 0 saturated carbocycles. The first kappa shape index (κ1) is 20.4. The minimum atomic E-state index is -0.0183. The van der Waals surface area contributed by atoms with Gasteiger partial charge < -0.3 is 23.7 Å². The lowest BCUT2D eigenvalue weighted by molar-refractivity contribution is -0.106. The van der Waals surface area contributed by atoms with Crippen LogP contribution in [0.4, 0.5) is 5.69 Å². The number of halogens is 1. The number of rotatable bonds is 5. The van der Waals surface area contributed by atoms with Crippen molar-refractivity contribution < 1.29 is 14.3 Å². The molecule has 3 aromatic rings. The molecule has 0 N–H and O–H groups in total. The number of carbonyl (C=O) groups excluding carboxylic acids is 1. The van der Waals surface area contributed by atoms with Gasteiger partial charge in [-0.25, -0.2) is 9.97 Å². The molecule has 0 aliphatic carbocycles. The highest BCUT2D eigenvalue weighted by atomic mass is 79.9. The average molecular weight is 486 g/mol. The molecule has 0 amide bonds. The average Bonchev–Trinajstić information content (AvgIpc) is 3.21. The highest BCUT2D eigenvalue weighted by Crippen LogP contribution is 2.42. The van der Waals surface area contributed by atoms with E-state index in [-0.39, 0.29) is 12.2 Å². The van der Waals surface area contributed by atoms with Gasteiger partial charge in [0.25, 0.3) is 0 Å². The molecule has 0 unspecified atom stereocenters. The Labute approximate surface area is 188 Å². The van der Waals surface area contributed by atoms with Crippen molar-refractivity contribution in [3.05, 3.63) is 34.7 Å². The van der Waals surface area contributed by atoms with Gasteiger partial charge in [0.05, 0.1) is 23.5 Å². The third kappa shape index (κ3) is 3.80. The molecule has 0 spiro atoms. The van der Waals surface area contributed by atoms with Gasteiger partial charge in [0.15, 0.2) is 11.4 Å². The number of imidazole rings is 1. The van der Waals surface area contributed by atoms with Crippen molar-refractivity contribution in [3.63, 3.8) is 0 Å². The molecule has 162 valence electrons. The van der Waals surface area contributed by atoms with Crippen LogP contribution in [-0.4, -0.2) is 45.0 Å². The second-order valence-electron chi connectivity index (χ2n) is 8.02. The molecule has 0 radical (unpaired) electrons. The highest BCUT2D eigenvalue weighted by molar-refractivity contribution is 9.10. The lowest BCUT2D eigenvalue weighted by atomic mass is 9.96. The number of ether oxygens (including phenoxy) is 2. The maximum atomic E-state index is 11.2. The highest BCUT2D eigenvalue weighted by Gasteiger charge is 2.27. The monoisotopic (exact) mass is 485 g/mol. The first-order valence-electron chi connectivity index (χ1n) is 10.7. The molecule has 0 bridgehead atoms. The zero-order valence-corrected chi connectivity index (χ0v) is 18.9. The molecule has 8 nitrogen and oxygen atoms in total. The number of fused-ring (bicyclic) bond motifs is 2. The minimum Gasteiger partial charge on any atom is -0.423 e. The summed E-state index contributed by atoms with van der Waals surface area (Å²) in [5.41, 5.74) is 3.48. The molecule has 2 aliphatic rings. The van der Waals surface area contributed by atoms with Gasteiger partial charge in [-0.05, 0) is 67.1 Å². The standard InChI is InChI=1S/C22H24BrN5O3/c1-14-5-6-15-17(27(14)9-10-29)8-7-16(23)20(15)31-22-24-12-18-21(26-22)25-13-28(18)19-4-2-3-11-30-19/h7-8,10,12-14,19H,2-6,9,11H2,1H3/t14-,19-/m0/s1.